The number of aromatic amines is 2. The van der Waals surface area contributed by atoms with E-state index in [-0.39, 0.29) is 12.0 Å². The molecular formula is C15H17N3O4. The largest absolute Gasteiger partial charge is 0.469 e. The smallest absolute Gasteiger partial charge is 0.312 e. The number of carbonyl (C=O) groups excluding carboxylic acids is 1. The average molecular weight is 303 g/mol. The number of ether oxygens (including phenoxy) is 1. The maximum atomic E-state index is 12.3. The number of rotatable bonds is 2. The molecule has 7 heteroatoms. The van der Waals surface area contributed by atoms with E-state index in [1.165, 1.54) is 7.11 Å². The fourth-order valence-corrected chi connectivity index (χ4v) is 3.30. The fraction of sp³-hybridized carbons (Fsp3) is 0.400. The fourth-order valence-electron chi connectivity index (χ4n) is 3.30. The molecule has 116 valence electrons. The molecular weight excluding hydrogens is 286 g/mol. The molecule has 0 aliphatic heterocycles. The second kappa shape index (κ2) is 5.10. The standard InChI is InChI=1S/C15H17N3O4/c1-15(21)6-9-11(13(19)18-17-9)10(12(15)14(20)22-2)8-4-3-5-16-7-8/h3-5,7,10,12,21H,6H2,1-2H3,(H2,17,18,19)/t10-,12+,15-/m0/s1. The number of aromatic nitrogens is 3. The molecule has 0 amide bonds. The third kappa shape index (κ3) is 2.14. The highest BCUT2D eigenvalue weighted by Gasteiger charge is 2.51. The van der Waals surface area contributed by atoms with E-state index in [9.17, 15) is 14.7 Å². The number of nitrogens with one attached hydrogen (secondary N) is 2. The molecule has 2 heterocycles. The van der Waals surface area contributed by atoms with Crippen LogP contribution in [0.15, 0.2) is 29.3 Å². The van der Waals surface area contributed by atoms with Crippen molar-refractivity contribution in [3.05, 3.63) is 51.7 Å². The zero-order chi connectivity index (χ0) is 15.9. The van der Waals surface area contributed by atoms with Crippen LogP contribution in [-0.2, 0) is 16.0 Å². The maximum Gasteiger partial charge on any atom is 0.312 e. The summed E-state index contributed by atoms with van der Waals surface area (Å²) in [5.41, 5.74) is 0.0996. The number of hydrogen-bond acceptors (Lipinski definition) is 5. The number of pyridine rings is 1. The van der Waals surface area contributed by atoms with E-state index >= 15 is 0 Å². The molecule has 3 rings (SSSR count). The van der Waals surface area contributed by atoms with Crippen LogP contribution in [0, 0.1) is 5.92 Å². The number of carbonyl (C=O) groups is 1. The van der Waals surface area contributed by atoms with Crippen molar-refractivity contribution < 1.29 is 14.6 Å². The molecule has 0 fully saturated rings. The maximum absolute atomic E-state index is 12.3. The van der Waals surface area contributed by atoms with Gasteiger partial charge in [-0.25, -0.2) is 0 Å². The minimum atomic E-state index is -1.34. The van der Waals surface area contributed by atoms with Gasteiger partial charge in [0, 0.05) is 36.0 Å². The normalized spacial score (nSPS) is 27.2. The first-order chi connectivity index (χ1) is 10.5. The van der Waals surface area contributed by atoms with Gasteiger partial charge in [-0.3, -0.25) is 19.7 Å². The third-order valence-corrected chi connectivity index (χ3v) is 4.24. The number of H-pyrrole nitrogens is 2. The molecule has 1 aliphatic carbocycles. The van der Waals surface area contributed by atoms with Gasteiger partial charge in [-0.1, -0.05) is 6.07 Å². The predicted molar refractivity (Wildman–Crippen MR) is 77.3 cm³/mol. The van der Waals surface area contributed by atoms with E-state index in [4.69, 9.17) is 4.74 Å². The Morgan fingerprint density at radius 3 is 2.91 bits per heavy atom. The van der Waals surface area contributed by atoms with E-state index in [2.05, 4.69) is 15.2 Å². The first kappa shape index (κ1) is 14.5. The molecule has 7 nitrogen and oxygen atoms in total. The lowest BCUT2D eigenvalue weighted by atomic mass is 9.66. The summed E-state index contributed by atoms with van der Waals surface area (Å²) in [6, 6.07) is 3.51. The Morgan fingerprint density at radius 1 is 1.50 bits per heavy atom. The second-order valence-electron chi connectivity index (χ2n) is 5.77. The molecule has 0 bridgehead atoms. The average Bonchev–Trinajstić information content (AvgIpc) is 2.85. The van der Waals surface area contributed by atoms with Gasteiger partial charge in [-0.05, 0) is 18.6 Å². The molecule has 1 aliphatic rings. The number of hydrogen-bond donors (Lipinski definition) is 3. The molecule has 3 N–H and O–H groups in total. The summed E-state index contributed by atoms with van der Waals surface area (Å²) >= 11 is 0. The highest BCUT2D eigenvalue weighted by molar-refractivity contribution is 5.77. The van der Waals surface area contributed by atoms with E-state index in [1.807, 2.05) is 0 Å². The first-order valence-electron chi connectivity index (χ1n) is 6.95. The summed E-state index contributed by atoms with van der Waals surface area (Å²) in [7, 11) is 1.27. The van der Waals surface area contributed by atoms with Crippen LogP contribution < -0.4 is 5.56 Å². The number of esters is 1. The lowest BCUT2D eigenvalue weighted by molar-refractivity contribution is -0.156. The van der Waals surface area contributed by atoms with Crippen LogP contribution in [0.2, 0.25) is 0 Å². The quantitative estimate of drug-likeness (QED) is 0.693. The van der Waals surface area contributed by atoms with Crippen molar-refractivity contribution in [3.8, 4) is 0 Å². The van der Waals surface area contributed by atoms with Crippen LogP contribution in [0.3, 0.4) is 0 Å². The number of fused-ring (bicyclic) bond motifs is 1. The Morgan fingerprint density at radius 2 is 2.27 bits per heavy atom. The van der Waals surface area contributed by atoms with Crippen LogP contribution in [0.4, 0.5) is 0 Å². The van der Waals surface area contributed by atoms with Crippen molar-refractivity contribution in [1.82, 2.24) is 15.2 Å². The zero-order valence-corrected chi connectivity index (χ0v) is 12.3. The van der Waals surface area contributed by atoms with E-state index in [0.717, 1.165) is 0 Å². The van der Waals surface area contributed by atoms with E-state index in [0.29, 0.717) is 16.8 Å². The van der Waals surface area contributed by atoms with Crippen LogP contribution in [-0.4, -0.2) is 39.0 Å². The van der Waals surface area contributed by atoms with Crippen molar-refractivity contribution in [2.45, 2.75) is 24.9 Å². The second-order valence-corrected chi connectivity index (χ2v) is 5.77. The molecule has 0 aromatic carbocycles. The summed E-state index contributed by atoms with van der Waals surface area (Å²) in [6.45, 7) is 1.58. The van der Waals surface area contributed by atoms with Gasteiger partial charge in [0.05, 0.1) is 18.6 Å². The van der Waals surface area contributed by atoms with E-state index < -0.39 is 23.4 Å². The molecule has 0 saturated carbocycles. The Hall–Kier alpha value is -2.41. The van der Waals surface area contributed by atoms with Crippen molar-refractivity contribution in [3.63, 3.8) is 0 Å². The Balaban J connectivity index is 2.25. The summed E-state index contributed by atoms with van der Waals surface area (Å²) in [5.74, 6) is -2.05. The third-order valence-electron chi connectivity index (χ3n) is 4.24. The van der Waals surface area contributed by atoms with Crippen molar-refractivity contribution >= 4 is 5.97 Å². The van der Waals surface area contributed by atoms with Gasteiger partial charge in [0.25, 0.3) is 5.56 Å². The van der Waals surface area contributed by atoms with Crippen LogP contribution in [0.25, 0.3) is 0 Å². The first-order valence-corrected chi connectivity index (χ1v) is 6.95. The minimum Gasteiger partial charge on any atom is -0.469 e. The van der Waals surface area contributed by atoms with Crippen molar-refractivity contribution in [2.24, 2.45) is 5.92 Å². The minimum absolute atomic E-state index is 0.164. The van der Waals surface area contributed by atoms with Crippen LogP contribution >= 0.6 is 0 Å². The monoisotopic (exact) mass is 303 g/mol. The van der Waals surface area contributed by atoms with Gasteiger partial charge in [0.15, 0.2) is 0 Å². The Bertz CT molecular complexity index is 748. The number of methoxy groups -OCH3 is 1. The topological polar surface area (TPSA) is 108 Å². The van der Waals surface area contributed by atoms with E-state index in [1.54, 1.807) is 31.5 Å². The highest BCUT2D eigenvalue weighted by Crippen LogP contribution is 2.44. The lowest BCUT2D eigenvalue weighted by Crippen LogP contribution is -2.49. The molecule has 0 saturated heterocycles. The van der Waals surface area contributed by atoms with Gasteiger partial charge in [0.1, 0.15) is 0 Å². The zero-order valence-electron chi connectivity index (χ0n) is 12.3. The molecule has 2 aromatic rings. The Kier molecular flexibility index (Phi) is 3.37. The summed E-state index contributed by atoms with van der Waals surface area (Å²) in [5, 5.41) is 16.1. The molecule has 2 aromatic heterocycles. The SMILES string of the molecule is COC(=O)[C@H]1[C@@H](c2cccnc2)c2c([nH][nH]c2=O)C[C@]1(C)O. The lowest BCUT2D eigenvalue weighted by Gasteiger charge is -2.40. The molecule has 22 heavy (non-hydrogen) atoms. The van der Waals surface area contributed by atoms with Gasteiger partial charge in [-0.2, -0.15) is 0 Å². The van der Waals surface area contributed by atoms with Gasteiger partial charge >= 0.3 is 5.97 Å². The molecule has 0 spiro atoms. The van der Waals surface area contributed by atoms with Crippen LogP contribution in [0.1, 0.15) is 29.7 Å². The highest BCUT2D eigenvalue weighted by atomic mass is 16.5. The Labute approximate surface area is 126 Å². The molecule has 0 unspecified atom stereocenters. The predicted octanol–water partition coefficient (Wildman–Crippen LogP) is 0.326. The molecule has 0 radical (unpaired) electrons. The van der Waals surface area contributed by atoms with Crippen LogP contribution in [0.5, 0.6) is 0 Å². The number of aliphatic hydroxyl groups is 1. The van der Waals surface area contributed by atoms with Gasteiger partial charge < -0.3 is 14.9 Å². The summed E-state index contributed by atoms with van der Waals surface area (Å²) in [4.78, 5) is 28.5. The number of nitrogens with zero attached hydrogens (tertiary/aromatic N) is 1. The van der Waals surface area contributed by atoms with Gasteiger partial charge in [0.2, 0.25) is 0 Å². The summed E-state index contributed by atoms with van der Waals surface area (Å²) in [6.07, 6.45) is 3.37. The van der Waals surface area contributed by atoms with Gasteiger partial charge in [-0.15, -0.1) is 0 Å². The van der Waals surface area contributed by atoms with Crippen molar-refractivity contribution in [1.29, 1.82) is 0 Å². The van der Waals surface area contributed by atoms with Crippen molar-refractivity contribution in [2.75, 3.05) is 7.11 Å². The summed E-state index contributed by atoms with van der Waals surface area (Å²) < 4.78 is 4.87. The molecule has 3 atom stereocenters.